The highest BCUT2D eigenvalue weighted by atomic mass is 16.6. The van der Waals surface area contributed by atoms with Gasteiger partial charge >= 0.3 is 0 Å². The Balaban J connectivity index is 1.58. The molecule has 25 heavy (non-hydrogen) atoms. The molecule has 7 heteroatoms. The van der Waals surface area contributed by atoms with Crippen LogP contribution in [0.3, 0.4) is 0 Å². The SMILES string of the molecule is CCOc1ccc(/C=N/NC(=O)[C@@H]2COc3ccccc3O2)c(O)c1. The molecular weight excluding hydrogens is 324 g/mol. The lowest BCUT2D eigenvalue weighted by Gasteiger charge is -2.24. The number of fused-ring (bicyclic) bond motifs is 1. The molecule has 0 radical (unpaired) electrons. The van der Waals surface area contributed by atoms with Gasteiger partial charge in [0.25, 0.3) is 5.91 Å². The number of phenolic OH excluding ortho intramolecular Hbond substituents is 1. The largest absolute Gasteiger partial charge is 0.507 e. The number of hydrogen-bond donors (Lipinski definition) is 2. The molecule has 2 aromatic carbocycles. The summed E-state index contributed by atoms with van der Waals surface area (Å²) in [7, 11) is 0. The maximum Gasteiger partial charge on any atom is 0.284 e. The lowest BCUT2D eigenvalue weighted by atomic mass is 10.2. The number of benzene rings is 2. The van der Waals surface area contributed by atoms with E-state index in [-0.39, 0.29) is 12.4 Å². The third-order valence-electron chi connectivity index (χ3n) is 3.49. The number of aromatic hydroxyl groups is 1. The van der Waals surface area contributed by atoms with Crippen molar-refractivity contribution in [2.24, 2.45) is 5.10 Å². The number of nitrogens with zero attached hydrogens (tertiary/aromatic N) is 1. The summed E-state index contributed by atoms with van der Waals surface area (Å²) in [6.07, 6.45) is 0.557. The van der Waals surface area contributed by atoms with Crippen LogP contribution in [0.1, 0.15) is 12.5 Å². The van der Waals surface area contributed by atoms with E-state index in [0.29, 0.717) is 29.4 Å². The summed E-state index contributed by atoms with van der Waals surface area (Å²) in [6, 6.07) is 12.0. The highest BCUT2D eigenvalue weighted by molar-refractivity contribution is 5.86. The predicted molar refractivity (Wildman–Crippen MR) is 91.4 cm³/mol. The zero-order valence-corrected chi connectivity index (χ0v) is 13.6. The van der Waals surface area contributed by atoms with Crippen molar-refractivity contribution in [1.82, 2.24) is 5.43 Å². The first kappa shape index (κ1) is 16.6. The molecule has 0 unspecified atom stereocenters. The molecule has 0 aromatic heterocycles. The second-order valence-corrected chi connectivity index (χ2v) is 5.25. The van der Waals surface area contributed by atoms with Crippen LogP contribution in [0, 0.1) is 0 Å². The van der Waals surface area contributed by atoms with E-state index >= 15 is 0 Å². The monoisotopic (exact) mass is 342 g/mol. The Morgan fingerprint density at radius 2 is 2.16 bits per heavy atom. The molecule has 1 atom stereocenters. The molecule has 7 nitrogen and oxygen atoms in total. The Labute approximate surface area is 144 Å². The number of hydrazone groups is 1. The third-order valence-corrected chi connectivity index (χ3v) is 3.49. The number of para-hydroxylation sites is 2. The minimum Gasteiger partial charge on any atom is -0.507 e. The number of carbonyl (C=O) groups is 1. The van der Waals surface area contributed by atoms with E-state index in [4.69, 9.17) is 14.2 Å². The number of amides is 1. The van der Waals surface area contributed by atoms with Gasteiger partial charge in [0.05, 0.1) is 12.8 Å². The van der Waals surface area contributed by atoms with Gasteiger partial charge in [-0.3, -0.25) is 4.79 Å². The summed E-state index contributed by atoms with van der Waals surface area (Å²) in [6.45, 7) is 2.47. The fraction of sp³-hybridized carbons (Fsp3) is 0.222. The van der Waals surface area contributed by atoms with Gasteiger partial charge in [-0.05, 0) is 31.2 Å². The van der Waals surface area contributed by atoms with Crippen molar-refractivity contribution in [3.63, 3.8) is 0 Å². The zero-order valence-electron chi connectivity index (χ0n) is 13.6. The van der Waals surface area contributed by atoms with Gasteiger partial charge in [-0.25, -0.2) is 5.43 Å². The maximum atomic E-state index is 12.1. The van der Waals surface area contributed by atoms with E-state index in [9.17, 15) is 9.90 Å². The van der Waals surface area contributed by atoms with Crippen LogP contribution in [0.15, 0.2) is 47.6 Å². The molecule has 0 spiro atoms. The summed E-state index contributed by atoms with van der Waals surface area (Å²) in [5.74, 6) is 1.26. The number of hydrogen-bond acceptors (Lipinski definition) is 6. The Hall–Kier alpha value is -3.22. The average molecular weight is 342 g/mol. The first-order valence-corrected chi connectivity index (χ1v) is 7.84. The zero-order chi connectivity index (χ0) is 17.6. The first-order valence-electron chi connectivity index (χ1n) is 7.84. The lowest BCUT2D eigenvalue weighted by molar-refractivity contribution is -0.130. The number of nitrogens with one attached hydrogen (secondary N) is 1. The van der Waals surface area contributed by atoms with E-state index in [1.54, 1.807) is 30.3 Å². The molecule has 1 heterocycles. The Morgan fingerprint density at radius 3 is 2.92 bits per heavy atom. The molecule has 2 N–H and O–H groups in total. The van der Waals surface area contributed by atoms with Gasteiger partial charge in [-0.15, -0.1) is 0 Å². The molecule has 0 bridgehead atoms. The van der Waals surface area contributed by atoms with Crippen LogP contribution in [0.4, 0.5) is 0 Å². The van der Waals surface area contributed by atoms with Crippen LogP contribution in [0.25, 0.3) is 0 Å². The highest BCUT2D eigenvalue weighted by Gasteiger charge is 2.26. The topological polar surface area (TPSA) is 89.4 Å². The Morgan fingerprint density at radius 1 is 1.36 bits per heavy atom. The standard InChI is InChI=1S/C18H18N2O5/c1-2-23-13-8-7-12(14(21)9-13)10-19-20-18(22)17-11-24-15-5-3-4-6-16(15)25-17/h3-10,17,21H,2,11H2,1H3,(H,20,22)/b19-10+/t17-/m0/s1. The summed E-state index contributed by atoms with van der Waals surface area (Å²) >= 11 is 0. The number of rotatable bonds is 5. The first-order chi connectivity index (χ1) is 12.2. The van der Waals surface area contributed by atoms with Crippen molar-refractivity contribution >= 4 is 12.1 Å². The van der Waals surface area contributed by atoms with Gasteiger partial charge in [0.1, 0.15) is 18.1 Å². The smallest absolute Gasteiger partial charge is 0.284 e. The Bertz CT molecular complexity index is 791. The van der Waals surface area contributed by atoms with Crippen LogP contribution in [-0.4, -0.2) is 36.5 Å². The van der Waals surface area contributed by atoms with Crippen molar-refractivity contribution in [3.8, 4) is 23.0 Å². The van der Waals surface area contributed by atoms with Gasteiger partial charge in [0.15, 0.2) is 11.5 Å². The van der Waals surface area contributed by atoms with Gasteiger partial charge in [0.2, 0.25) is 6.10 Å². The number of carbonyl (C=O) groups excluding carboxylic acids is 1. The molecule has 3 rings (SSSR count). The van der Waals surface area contributed by atoms with Crippen molar-refractivity contribution in [2.45, 2.75) is 13.0 Å². The lowest BCUT2D eigenvalue weighted by Crippen LogP contribution is -2.42. The second-order valence-electron chi connectivity index (χ2n) is 5.25. The molecule has 1 aliphatic rings. The molecular formula is C18H18N2O5. The Kier molecular flexibility index (Phi) is 5.03. The van der Waals surface area contributed by atoms with E-state index in [1.807, 2.05) is 13.0 Å². The molecule has 1 amide bonds. The van der Waals surface area contributed by atoms with E-state index in [0.717, 1.165) is 0 Å². The minimum absolute atomic E-state index is 0.00938. The highest BCUT2D eigenvalue weighted by Crippen LogP contribution is 2.30. The van der Waals surface area contributed by atoms with Gasteiger partial charge in [0, 0.05) is 11.6 Å². The van der Waals surface area contributed by atoms with Crippen LogP contribution in [-0.2, 0) is 4.79 Å². The molecule has 0 aliphatic carbocycles. The third kappa shape index (κ3) is 4.00. The summed E-state index contributed by atoms with van der Waals surface area (Å²) < 4.78 is 16.4. The normalized spacial score (nSPS) is 15.8. The van der Waals surface area contributed by atoms with Crippen LogP contribution in [0.5, 0.6) is 23.0 Å². The average Bonchev–Trinajstić information content (AvgIpc) is 2.63. The summed E-state index contributed by atoms with van der Waals surface area (Å²) in [4.78, 5) is 12.1. The molecule has 130 valence electrons. The summed E-state index contributed by atoms with van der Waals surface area (Å²) in [5.41, 5.74) is 2.84. The van der Waals surface area contributed by atoms with Crippen molar-refractivity contribution in [3.05, 3.63) is 48.0 Å². The molecule has 0 saturated carbocycles. The van der Waals surface area contributed by atoms with Gasteiger partial charge in [-0.2, -0.15) is 5.10 Å². The van der Waals surface area contributed by atoms with Crippen LogP contribution in [0.2, 0.25) is 0 Å². The van der Waals surface area contributed by atoms with Crippen LogP contribution >= 0.6 is 0 Å². The van der Waals surface area contributed by atoms with Crippen molar-refractivity contribution in [1.29, 1.82) is 0 Å². The second kappa shape index (κ2) is 7.57. The van der Waals surface area contributed by atoms with Gasteiger partial charge < -0.3 is 19.3 Å². The fourth-order valence-corrected chi connectivity index (χ4v) is 2.28. The minimum atomic E-state index is -0.791. The summed E-state index contributed by atoms with van der Waals surface area (Å²) in [5, 5.41) is 13.8. The van der Waals surface area contributed by atoms with Crippen molar-refractivity contribution in [2.75, 3.05) is 13.2 Å². The number of phenols is 1. The van der Waals surface area contributed by atoms with E-state index < -0.39 is 12.0 Å². The number of ether oxygens (including phenoxy) is 3. The molecule has 1 aliphatic heterocycles. The van der Waals surface area contributed by atoms with E-state index in [1.165, 1.54) is 12.3 Å². The van der Waals surface area contributed by atoms with Crippen molar-refractivity contribution < 1.29 is 24.1 Å². The molecule has 2 aromatic rings. The van der Waals surface area contributed by atoms with Gasteiger partial charge in [-0.1, -0.05) is 12.1 Å². The van der Waals surface area contributed by atoms with Crippen LogP contribution < -0.4 is 19.6 Å². The van der Waals surface area contributed by atoms with E-state index in [2.05, 4.69) is 10.5 Å². The quantitative estimate of drug-likeness (QED) is 0.641. The molecule has 0 saturated heterocycles. The predicted octanol–water partition coefficient (Wildman–Crippen LogP) is 2.08. The maximum absolute atomic E-state index is 12.1. The molecule has 0 fully saturated rings. The fourth-order valence-electron chi connectivity index (χ4n) is 2.28.